The number of hydrogen-bond donors (Lipinski definition) is 3. The van der Waals surface area contributed by atoms with Crippen LogP contribution in [0.1, 0.15) is 11.1 Å². The number of fused-ring (bicyclic) bond motifs is 1. The van der Waals surface area contributed by atoms with Gasteiger partial charge in [0.1, 0.15) is 5.75 Å². The van der Waals surface area contributed by atoms with E-state index in [4.69, 9.17) is 4.74 Å². The first-order valence-corrected chi connectivity index (χ1v) is 8.59. The molecule has 0 saturated heterocycles. The number of phenolic OH excluding ortho intramolecular Hbond substituents is 2. The Balaban J connectivity index is 1.78. The first-order chi connectivity index (χ1) is 12.9. The van der Waals surface area contributed by atoms with E-state index >= 15 is 0 Å². The number of benzene rings is 2. The van der Waals surface area contributed by atoms with Crippen molar-refractivity contribution in [2.24, 2.45) is 0 Å². The third-order valence-corrected chi connectivity index (χ3v) is 4.20. The Hall–Kier alpha value is -3.25. The molecule has 0 atom stereocenters. The Kier molecular flexibility index (Phi) is 5.47. The van der Waals surface area contributed by atoms with Gasteiger partial charge in [0.2, 0.25) is 0 Å². The lowest BCUT2D eigenvalue weighted by molar-refractivity contribution is -0.128. The minimum Gasteiger partial charge on any atom is -0.504 e. The molecule has 3 N–H and O–H groups in total. The summed E-state index contributed by atoms with van der Waals surface area (Å²) in [7, 11) is 4.03. The van der Waals surface area contributed by atoms with Gasteiger partial charge in [-0.15, -0.1) is 0 Å². The van der Waals surface area contributed by atoms with Crippen molar-refractivity contribution in [3.05, 3.63) is 59.8 Å². The van der Waals surface area contributed by atoms with Gasteiger partial charge in [0.25, 0.3) is 0 Å². The second kappa shape index (κ2) is 7.97. The molecule has 0 aliphatic heterocycles. The minimum atomic E-state index is -0.519. The van der Waals surface area contributed by atoms with E-state index in [9.17, 15) is 15.0 Å². The van der Waals surface area contributed by atoms with E-state index in [0.717, 1.165) is 29.4 Å². The van der Waals surface area contributed by atoms with Gasteiger partial charge < -0.3 is 24.8 Å². The van der Waals surface area contributed by atoms with Crippen molar-refractivity contribution in [2.75, 3.05) is 20.6 Å². The number of phenols is 2. The van der Waals surface area contributed by atoms with Crippen LogP contribution >= 0.6 is 0 Å². The zero-order valence-electron chi connectivity index (χ0n) is 15.3. The number of aromatic amines is 1. The highest BCUT2D eigenvalue weighted by Gasteiger charge is 2.12. The average Bonchev–Trinajstić information content (AvgIpc) is 3.05. The number of aromatic nitrogens is 1. The molecule has 0 aliphatic rings. The predicted molar refractivity (Wildman–Crippen MR) is 105 cm³/mol. The van der Waals surface area contributed by atoms with Crippen LogP contribution in [0.3, 0.4) is 0 Å². The summed E-state index contributed by atoms with van der Waals surface area (Å²) in [6, 6.07) is 9.86. The van der Waals surface area contributed by atoms with E-state index in [-0.39, 0.29) is 11.5 Å². The van der Waals surface area contributed by atoms with Crippen LogP contribution in [0.5, 0.6) is 17.2 Å². The molecule has 6 nitrogen and oxygen atoms in total. The van der Waals surface area contributed by atoms with E-state index in [1.165, 1.54) is 24.3 Å². The number of carbonyl (C=O) groups is 1. The molecule has 27 heavy (non-hydrogen) atoms. The van der Waals surface area contributed by atoms with Crippen molar-refractivity contribution in [3.8, 4) is 17.2 Å². The van der Waals surface area contributed by atoms with Crippen LogP contribution in [-0.4, -0.2) is 46.7 Å². The number of ether oxygens (including phenoxy) is 1. The first-order valence-electron chi connectivity index (χ1n) is 8.59. The van der Waals surface area contributed by atoms with Crippen LogP contribution in [0, 0.1) is 0 Å². The summed E-state index contributed by atoms with van der Waals surface area (Å²) in [6.45, 7) is 0.888. The summed E-state index contributed by atoms with van der Waals surface area (Å²) >= 11 is 0. The van der Waals surface area contributed by atoms with Crippen LogP contribution in [0.2, 0.25) is 0 Å². The molecule has 0 aliphatic carbocycles. The fraction of sp³-hybridized carbons (Fsp3) is 0.190. The summed E-state index contributed by atoms with van der Waals surface area (Å²) in [5, 5.41) is 19.7. The lowest BCUT2D eigenvalue weighted by Crippen LogP contribution is -2.15. The highest BCUT2D eigenvalue weighted by molar-refractivity contribution is 5.94. The smallest absolute Gasteiger partial charge is 0.336 e. The molecular weight excluding hydrogens is 344 g/mol. The summed E-state index contributed by atoms with van der Waals surface area (Å²) in [4.78, 5) is 17.6. The van der Waals surface area contributed by atoms with Crippen LogP contribution < -0.4 is 4.74 Å². The molecule has 3 aromatic rings. The topological polar surface area (TPSA) is 85.8 Å². The minimum absolute atomic E-state index is 0.209. The van der Waals surface area contributed by atoms with E-state index in [1.54, 1.807) is 12.1 Å². The number of carbonyl (C=O) groups excluding carboxylic acids is 1. The van der Waals surface area contributed by atoms with Crippen molar-refractivity contribution >= 4 is 22.9 Å². The van der Waals surface area contributed by atoms with Crippen molar-refractivity contribution in [3.63, 3.8) is 0 Å². The molecule has 0 spiro atoms. The number of nitrogens with zero attached hydrogens (tertiary/aromatic N) is 1. The van der Waals surface area contributed by atoms with E-state index in [1.807, 2.05) is 32.4 Å². The summed E-state index contributed by atoms with van der Waals surface area (Å²) in [5.41, 5.74) is 2.59. The van der Waals surface area contributed by atoms with Gasteiger partial charge in [-0.05, 0) is 62.0 Å². The third kappa shape index (κ3) is 4.48. The maximum Gasteiger partial charge on any atom is 0.336 e. The van der Waals surface area contributed by atoms with E-state index < -0.39 is 5.97 Å². The highest BCUT2D eigenvalue weighted by atomic mass is 16.5. The Morgan fingerprint density at radius 3 is 2.74 bits per heavy atom. The standard InChI is InChI=1S/C21H22N2O4/c1-23(2)11-10-15-13-22-16-4-3-5-19(21(15)16)27-20(26)9-7-14-6-8-17(24)18(25)12-14/h3-9,12-13,22,24-25H,10-11H2,1-2H3/b9-7+. The molecule has 0 fully saturated rings. The van der Waals surface area contributed by atoms with E-state index in [2.05, 4.69) is 9.88 Å². The Morgan fingerprint density at radius 1 is 1.19 bits per heavy atom. The zero-order valence-corrected chi connectivity index (χ0v) is 15.3. The molecule has 0 radical (unpaired) electrons. The van der Waals surface area contributed by atoms with Gasteiger partial charge in [-0.25, -0.2) is 4.79 Å². The molecule has 0 unspecified atom stereocenters. The van der Waals surface area contributed by atoms with Crippen molar-refractivity contribution in [2.45, 2.75) is 6.42 Å². The number of esters is 1. The maximum absolute atomic E-state index is 12.2. The number of hydrogen-bond acceptors (Lipinski definition) is 5. The summed E-state index contributed by atoms with van der Waals surface area (Å²) in [6.07, 6.45) is 5.59. The average molecular weight is 366 g/mol. The van der Waals surface area contributed by atoms with Crippen molar-refractivity contribution < 1.29 is 19.7 Å². The number of likely N-dealkylation sites (N-methyl/N-ethyl adjacent to an activating group) is 1. The predicted octanol–water partition coefficient (Wildman–Crippen LogP) is 3.30. The van der Waals surface area contributed by atoms with Gasteiger partial charge in [-0.2, -0.15) is 0 Å². The molecule has 140 valence electrons. The number of aromatic hydroxyl groups is 2. The Bertz CT molecular complexity index is 989. The van der Waals surface area contributed by atoms with E-state index in [0.29, 0.717) is 11.3 Å². The fourth-order valence-corrected chi connectivity index (χ4v) is 2.80. The molecule has 0 amide bonds. The molecular formula is C21H22N2O4. The fourth-order valence-electron chi connectivity index (χ4n) is 2.80. The van der Waals surface area contributed by atoms with Crippen LogP contribution in [-0.2, 0) is 11.2 Å². The van der Waals surface area contributed by atoms with Crippen LogP contribution in [0.25, 0.3) is 17.0 Å². The second-order valence-electron chi connectivity index (χ2n) is 6.55. The third-order valence-electron chi connectivity index (χ3n) is 4.20. The van der Waals surface area contributed by atoms with Crippen LogP contribution in [0.4, 0.5) is 0 Å². The van der Waals surface area contributed by atoms with Crippen molar-refractivity contribution in [1.29, 1.82) is 0 Å². The molecule has 1 aromatic heterocycles. The largest absolute Gasteiger partial charge is 0.504 e. The number of nitrogens with one attached hydrogen (secondary N) is 1. The molecule has 0 bridgehead atoms. The normalized spacial score (nSPS) is 11.5. The lowest BCUT2D eigenvalue weighted by Gasteiger charge is -2.10. The Labute approximate surface area is 157 Å². The quantitative estimate of drug-likeness (QED) is 0.270. The van der Waals surface area contributed by atoms with Gasteiger partial charge in [-0.3, -0.25) is 0 Å². The molecule has 6 heteroatoms. The molecule has 3 rings (SSSR count). The van der Waals surface area contributed by atoms with Gasteiger partial charge in [-0.1, -0.05) is 12.1 Å². The maximum atomic E-state index is 12.2. The zero-order chi connectivity index (χ0) is 19.4. The van der Waals surface area contributed by atoms with Gasteiger partial charge in [0.05, 0.1) is 0 Å². The first kappa shape index (κ1) is 18.5. The molecule has 2 aromatic carbocycles. The monoisotopic (exact) mass is 366 g/mol. The van der Waals surface area contributed by atoms with Gasteiger partial charge in [0.15, 0.2) is 11.5 Å². The summed E-state index contributed by atoms with van der Waals surface area (Å²) in [5.74, 6) is -0.465. The summed E-state index contributed by atoms with van der Waals surface area (Å²) < 4.78 is 5.54. The lowest BCUT2D eigenvalue weighted by atomic mass is 10.1. The second-order valence-corrected chi connectivity index (χ2v) is 6.55. The highest BCUT2D eigenvalue weighted by Crippen LogP contribution is 2.29. The Morgan fingerprint density at radius 2 is 2.00 bits per heavy atom. The SMILES string of the molecule is CN(C)CCc1c[nH]c2cccc(OC(=O)/C=C/c3ccc(O)c(O)c3)c12. The molecule has 0 saturated carbocycles. The van der Waals surface area contributed by atoms with Gasteiger partial charge >= 0.3 is 5.97 Å². The molecule has 1 heterocycles. The number of H-pyrrole nitrogens is 1. The van der Waals surface area contributed by atoms with Gasteiger partial charge in [0, 0.05) is 29.7 Å². The van der Waals surface area contributed by atoms with Crippen molar-refractivity contribution in [1.82, 2.24) is 9.88 Å². The number of rotatable bonds is 6. The van der Waals surface area contributed by atoms with Crippen LogP contribution in [0.15, 0.2) is 48.7 Å².